The molecule has 0 saturated carbocycles. The van der Waals surface area contributed by atoms with E-state index in [1.165, 1.54) is 18.6 Å². The van der Waals surface area contributed by atoms with Gasteiger partial charge in [0.2, 0.25) is 5.91 Å². The number of amides is 1. The molecule has 0 unspecified atom stereocenters. The molecule has 0 aromatic heterocycles. The van der Waals surface area contributed by atoms with Crippen molar-refractivity contribution in [1.82, 2.24) is 5.32 Å². The molecule has 24 heavy (non-hydrogen) atoms. The van der Waals surface area contributed by atoms with Gasteiger partial charge < -0.3 is 20.6 Å². The molecule has 5 nitrogen and oxygen atoms in total. The van der Waals surface area contributed by atoms with Crippen LogP contribution in [0.2, 0.25) is 0 Å². The number of unbranched alkanes of at least 4 members (excludes halogenated alkanes) is 6. The fourth-order valence-electron chi connectivity index (χ4n) is 2.50. The second-order valence-corrected chi connectivity index (χ2v) is 6.24. The fourth-order valence-corrected chi connectivity index (χ4v) is 2.50. The second kappa shape index (κ2) is 10.6. The van der Waals surface area contributed by atoms with Crippen molar-refractivity contribution in [2.45, 2.75) is 58.3 Å². The van der Waals surface area contributed by atoms with Crippen molar-refractivity contribution >= 4 is 5.91 Å². The first-order chi connectivity index (χ1) is 11.4. The molecule has 0 radical (unpaired) electrons. The van der Waals surface area contributed by atoms with E-state index >= 15 is 0 Å². The third-order valence-electron chi connectivity index (χ3n) is 3.94. The molecule has 0 aliphatic heterocycles. The molecule has 0 saturated heterocycles. The number of benzene rings is 1. The Kier molecular flexibility index (Phi) is 8.76. The topological polar surface area (TPSA) is 89.8 Å². The van der Waals surface area contributed by atoms with Gasteiger partial charge in [-0.3, -0.25) is 4.79 Å². The Morgan fingerprint density at radius 2 is 1.46 bits per heavy atom. The van der Waals surface area contributed by atoms with Crippen molar-refractivity contribution in [3.63, 3.8) is 0 Å². The van der Waals surface area contributed by atoms with Crippen LogP contribution in [-0.2, 0) is 11.2 Å². The summed E-state index contributed by atoms with van der Waals surface area (Å²) in [7, 11) is 0. The zero-order valence-corrected chi connectivity index (χ0v) is 14.5. The SMILES string of the molecule is C=C(C)C(=O)NCCCCCCCCCc1cc(O)c(O)c(O)c1. The van der Waals surface area contributed by atoms with Crippen molar-refractivity contribution in [3.8, 4) is 17.2 Å². The summed E-state index contributed by atoms with van der Waals surface area (Å²) in [5.74, 6) is -1.08. The molecule has 0 aliphatic rings. The Bertz CT molecular complexity index is 531. The zero-order chi connectivity index (χ0) is 17.9. The van der Waals surface area contributed by atoms with Gasteiger partial charge in [-0.15, -0.1) is 0 Å². The van der Waals surface area contributed by atoms with Gasteiger partial charge in [0, 0.05) is 12.1 Å². The van der Waals surface area contributed by atoms with Gasteiger partial charge in [-0.1, -0.05) is 38.7 Å². The summed E-state index contributed by atoms with van der Waals surface area (Å²) in [6.07, 6.45) is 8.42. The van der Waals surface area contributed by atoms with Crippen molar-refractivity contribution in [1.29, 1.82) is 0 Å². The molecule has 5 heteroatoms. The molecule has 0 atom stereocenters. The number of aromatic hydroxyl groups is 3. The lowest BCUT2D eigenvalue weighted by atomic mass is 10.0. The number of nitrogens with one attached hydrogen (secondary N) is 1. The lowest BCUT2D eigenvalue weighted by molar-refractivity contribution is -0.117. The van der Waals surface area contributed by atoms with Crippen LogP contribution in [0, 0.1) is 0 Å². The fraction of sp³-hybridized carbons (Fsp3) is 0.526. The monoisotopic (exact) mass is 335 g/mol. The molecule has 0 bridgehead atoms. The summed E-state index contributed by atoms with van der Waals surface area (Å²) < 4.78 is 0. The molecule has 0 spiro atoms. The van der Waals surface area contributed by atoms with E-state index < -0.39 is 5.75 Å². The normalized spacial score (nSPS) is 10.5. The van der Waals surface area contributed by atoms with Crippen LogP contribution in [0.5, 0.6) is 17.2 Å². The summed E-state index contributed by atoms with van der Waals surface area (Å²) in [6, 6.07) is 2.99. The number of rotatable bonds is 11. The van der Waals surface area contributed by atoms with Crippen molar-refractivity contribution in [3.05, 3.63) is 29.8 Å². The minimum atomic E-state index is -0.460. The highest BCUT2D eigenvalue weighted by Gasteiger charge is 2.07. The van der Waals surface area contributed by atoms with Crippen LogP contribution < -0.4 is 5.32 Å². The highest BCUT2D eigenvalue weighted by atomic mass is 16.3. The molecular formula is C19H29NO4. The van der Waals surface area contributed by atoms with Crippen LogP contribution in [0.4, 0.5) is 0 Å². The Balaban J connectivity index is 2.01. The summed E-state index contributed by atoms with van der Waals surface area (Å²) >= 11 is 0. The van der Waals surface area contributed by atoms with E-state index in [0.717, 1.165) is 50.5 Å². The van der Waals surface area contributed by atoms with Crippen LogP contribution in [0.1, 0.15) is 57.4 Å². The van der Waals surface area contributed by atoms with Gasteiger partial charge in [0.15, 0.2) is 17.2 Å². The largest absolute Gasteiger partial charge is 0.504 e. The van der Waals surface area contributed by atoms with Gasteiger partial charge in [-0.25, -0.2) is 0 Å². The van der Waals surface area contributed by atoms with E-state index in [9.17, 15) is 20.1 Å². The Hall–Kier alpha value is -2.17. The van der Waals surface area contributed by atoms with Gasteiger partial charge in [-0.05, 0) is 43.9 Å². The number of hydrogen-bond donors (Lipinski definition) is 4. The van der Waals surface area contributed by atoms with Crippen LogP contribution in [0.15, 0.2) is 24.3 Å². The maximum Gasteiger partial charge on any atom is 0.246 e. The van der Waals surface area contributed by atoms with Gasteiger partial charge >= 0.3 is 0 Å². The number of phenolic OH excluding ortho intramolecular Hbond substituents is 3. The molecule has 4 N–H and O–H groups in total. The van der Waals surface area contributed by atoms with Crippen LogP contribution in [0.3, 0.4) is 0 Å². The van der Waals surface area contributed by atoms with Gasteiger partial charge in [0.25, 0.3) is 0 Å². The Morgan fingerprint density at radius 3 is 2.00 bits per heavy atom. The Labute approximate surface area is 144 Å². The zero-order valence-electron chi connectivity index (χ0n) is 14.5. The standard InChI is InChI=1S/C19H29NO4/c1-14(2)19(24)20-11-9-7-5-3-4-6-8-10-15-12-16(21)18(23)17(22)13-15/h12-13,21-23H,1,3-11H2,2H3,(H,20,24). The smallest absolute Gasteiger partial charge is 0.246 e. The van der Waals surface area contributed by atoms with E-state index in [1.807, 2.05) is 0 Å². The average Bonchev–Trinajstić information content (AvgIpc) is 2.53. The lowest BCUT2D eigenvalue weighted by Crippen LogP contribution is -2.24. The molecule has 1 rings (SSSR count). The first-order valence-electron chi connectivity index (χ1n) is 8.59. The predicted molar refractivity (Wildman–Crippen MR) is 95.3 cm³/mol. The summed E-state index contributed by atoms with van der Waals surface area (Å²) in [4.78, 5) is 11.3. The van der Waals surface area contributed by atoms with Crippen molar-refractivity contribution in [2.24, 2.45) is 0 Å². The van der Waals surface area contributed by atoms with Gasteiger partial charge in [-0.2, -0.15) is 0 Å². The highest BCUT2D eigenvalue weighted by molar-refractivity contribution is 5.91. The van der Waals surface area contributed by atoms with Gasteiger partial charge in [0.1, 0.15) is 0 Å². The second-order valence-electron chi connectivity index (χ2n) is 6.24. The first-order valence-corrected chi connectivity index (χ1v) is 8.59. The van der Waals surface area contributed by atoms with E-state index in [4.69, 9.17) is 0 Å². The lowest BCUT2D eigenvalue weighted by Gasteiger charge is -2.06. The number of hydrogen-bond acceptors (Lipinski definition) is 4. The summed E-state index contributed by atoms with van der Waals surface area (Å²) in [5.41, 5.74) is 1.38. The molecule has 1 aromatic carbocycles. The third-order valence-corrected chi connectivity index (χ3v) is 3.94. The molecule has 0 fully saturated rings. The van der Waals surface area contributed by atoms with E-state index in [-0.39, 0.29) is 17.4 Å². The summed E-state index contributed by atoms with van der Waals surface area (Å²) in [6.45, 7) is 6.01. The molecular weight excluding hydrogens is 306 g/mol. The Morgan fingerprint density at radius 1 is 0.958 bits per heavy atom. The maximum absolute atomic E-state index is 11.3. The molecule has 1 aromatic rings. The minimum absolute atomic E-state index is 0.0682. The number of carbonyl (C=O) groups is 1. The predicted octanol–water partition coefficient (Wildman–Crippen LogP) is 3.77. The highest BCUT2D eigenvalue weighted by Crippen LogP contribution is 2.35. The maximum atomic E-state index is 11.3. The van der Waals surface area contributed by atoms with Crippen molar-refractivity contribution < 1.29 is 20.1 Å². The first kappa shape index (κ1) is 19.9. The van der Waals surface area contributed by atoms with E-state index in [2.05, 4.69) is 11.9 Å². The molecule has 1 amide bonds. The molecule has 0 aliphatic carbocycles. The third kappa shape index (κ3) is 7.40. The number of carbonyl (C=O) groups excluding carboxylic acids is 1. The van der Waals surface area contributed by atoms with E-state index in [0.29, 0.717) is 12.1 Å². The summed E-state index contributed by atoms with van der Waals surface area (Å²) in [5, 5.41) is 31.0. The molecule has 134 valence electrons. The van der Waals surface area contributed by atoms with Crippen LogP contribution in [0.25, 0.3) is 0 Å². The molecule has 0 heterocycles. The van der Waals surface area contributed by atoms with Crippen LogP contribution in [-0.4, -0.2) is 27.8 Å². The number of phenols is 3. The minimum Gasteiger partial charge on any atom is -0.504 e. The quantitative estimate of drug-likeness (QED) is 0.281. The average molecular weight is 335 g/mol. The number of aryl methyl sites for hydroxylation is 1. The van der Waals surface area contributed by atoms with E-state index in [1.54, 1.807) is 6.92 Å². The van der Waals surface area contributed by atoms with Crippen molar-refractivity contribution in [2.75, 3.05) is 6.54 Å². The van der Waals surface area contributed by atoms with Crippen LogP contribution >= 0.6 is 0 Å². The van der Waals surface area contributed by atoms with Gasteiger partial charge in [0.05, 0.1) is 0 Å².